The van der Waals surface area contributed by atoms with E-state index in [0.29, 0.717) is 55.4 Å². The fourth-order valence-electron chi connectivity index (χ4n) is 10.6. The number of benzene rings is 4. The number of hydrogen-bond acceptors (Lipinski definition) is 9. The van der Waals surface area contributed by atoms with Crippen molar-refractivity contribution in [2.75, 3.05) is 13.2 Å². The number of fused-ring (bicyclic) bond motifs is 7. The molecule has 13 heteroatoms. The molecule has 1 aliphatic carbocycles. The zero-order valence-electron chi connectivity index (χ0n) is 36.0. The Labute approximate surface area is 393 Å². The number of guanidine groups is 1. The maximum absolute atomic E-state index is 13.8. The van der Waals surface area contributed by atoms with Gasteiger partial charge < -0.3 is 40.8 Å². The van der Waals surface area contributed by atoms with E-state index in [1.807, 2.05) is 97.9 Å². The summed E-state index contributed by atoms with van der Waals surface area (Å²) in [6.45, 7) is 1.77. The number of aromatic hydroxyl groups is 1. The van der Waals surface area contributed by atoms with Crippen LogP contribution in [0.1, 0.15) is 103 Å². The van der Waals surface area contributed by atoms with Gasteiger partial charge in [-0.3, -0.25) is 0 Å². The van der Waals surface area contributed by atoms with Crippen LogP contribution in [0, 0.1) is 35.5 Å². The van der Waals surface area contributed by atoms with Crippen molar-refractivity contribution in [3.8, 4) is 23.3 Å². The van der Waals surface area contributed by atoms with E-state index in [9.17, 15) is 28.3 Å². The third kappa shape index (κ3) is 10.4. The number of hydrogen-bond donors (Lipinski definition) is 5. The molecule has 0 radical (unpaired) electrons. The smallest absolute Gasteiger partial charge is 0.748 e. The molecule has 1 saturated heterocycles. The van der Waals surface area contributed by atoms with Crippen LogP contribution in [-0.4, -0.2) is 58.8 Å². The second-order valence-corrected chi connectivity index (χ2v) is 19.3. The Hall–Kier alpha value is -4.16. The summed E-state index contributed by atoms with van der Waals surface area (Å²) in [4.78, 5) is 4.81. The van der Waals surface area contributed by atoms with Crippen molar-refractivity contribution in [2.45, 2.75) is 93.3 Å². The molecule has 6 aliphatic heterocycles. The van der Waals surface area contributed by atoms with Gasteiger partial charge in [0.15, 0.2) is 5.96 Å². The first-order valence-corrected chi connectivity index (χ1v) is 23.2. The molecule has 7 aliphatic rings. The summed E-state index contributed by atoms with van der Waals surface area (Å²) in [6.07, 6.45) is 4.63. The van der Waals surface area contributed by atoms with Gasteiger partial charge >= 0.3 is 29.6 Å². The van der Waals surface area contributed by atoms with Crippen LogP contribution in [0.3, 0.4) is 0 Å². The van der Waals surface area contributed by atoms with Crippen molar-refractivity contribution in [2.24, 2.45) is 40.1 Å². The standard InChI is InChI=1S/C50H57N3O8S.Na/c1-2-34-27-46(62(57,58)59)45-26-39-23-38(25-43-22-32(29-54)9-6-10-37-24-41(56)17-20-44(37)48(39)60-43)47(45)36-11-15-40(16-12-36)50(53-49(51)52,61-42-18-13-35(34)14-19-42)28-33(30-55)21-31-7-4-3-5-8-31;/h3-5,7-8,11-20,24,26,32-34,38,43,45-48,54-56H,2,9,21-23,25,27-30H2,1H3,(H4,51,52,53)(H,57,58,59);/q;+1/p-1. The molecule has 4 aromatic rings. The van der Waals surface area contributed by atoms with Gasteiger partial charge in [0.25, 0.3) is 0 Å². The second-order valence-electron chi connectivity index (χ2n) is 17.7. The number of rotatable bonds is 9. The first-order chi connectivity index (χ1) is 29.9. The molecule has 0 saturated carbocycles. The molecule has 0 aromatic heterocycles. The number of aliphatic hydroxyl groups excluding tert-OH is 2. The van der Waals surface area contributed by atoms with E-state index in [0.717, 1.165) is 27.8 Å². The molecular formula is C50H56N3NaO8S. The molecule has 4 aromatic carbocycles. The summed E-state index contributed by atoms with van der Waals surface area (Å²) in [6, 6.07) is 30.2. The summed E-state index contributed by atoms with van der Waals surface area (Å²) < 4.78 is 55.5. The van der Waals surface area contributed by atoms with Gasteiger partial charge in [-0.2, -0.15) is 0 Å². The number of aliphatic hydroxyl groups is 2. The summed E-state index contributed by atoms with van der Waals surface area (Å²) >= 11 is 0. The van der Waals surface area contributed by atoms with Crippen LogP contribution < -0.4 is 45.8 Å². The average molecular weight is 882 g/mol. The molecule has 11 rings (SSSR count). The molecule has 10 atom stereocenters. The Balaban J connectivity index is 0.00000595. The molecule has 1 fully saturated rings. The molecule has 6 heterocycles. The minimum absolute atomic E-state index is 0. The van der Waals surface area contributed by atoms with E-state index in [1.54, 1.807) is 12.1 Å². The number of aliphatic imine (C=N–C) groups is 1. The number of nitrogens with two attached hydrogens (primary N) is 2. The maximum Gasteiger partial charge on any atom is 1.00 e. The van der Waals surface area contributed by atoms with Gasteiger partial charge in [-0.25, -0.2) is 13.4 Å². The minimum Gasteiger partial charge on any atom is -0.748 e. The van der Waals surface area contributed by atoms with Gasteiger partial charge in [0.2, 0.25) is 5.72 Å². The van der Waals surface area contributed by atoms with E-state index in [2.05, 4.69) is 11.8 Å². The number of nitrogens with zero attached hydrogens (tertiary/aromatic N) is 1. The Morgan fingerprint density at radius 1 is 0.968 bits per heavy atom. The summed E-state index contributed by atoms with van der Waals surface area (Å²) in [5.41, 5.74) is 16.6. The zero-order chi connectivity index (χ0) is 43.6. The van der Waals surface area contributed by atoms with Gasteiger partial charge in [0.1, 0.15) is 17.6 Å². The van der Waals surface area contributed by atoms with E-state index in [-0.39, 0.29) is 97.1 Å². The van der Waals surface area contributed by atoms with Crippen LogP contribution in [0.5, 0.6) is 11.5 Å². The third-order valence-electron chi connectivity index (χ3n) is 13.5. The molecule has 10 unspecified atom stereocenters. The summed E-state index contributed by atoms with van der Waals surface area (Å²) in [7, 11) is -4.88. The van der Waals surface area contributed by atoms with Crippen LogP contribution in [0.25, 0.3) is 0 Å². The van der Waals surface area contributed by atoms with Crippen molar-refractivity contribution >= 4 is 16.1 Å². The minimum atomic E-state index is -4.88. The first kappa shape index (κ1) is 46.8. The van der Waals surface area contributed by atoms with Crippen molar-refractivity contribution in [1.82, 2.24) is 0 Å². The quantitative estimate of drug-likeness (QED) is 0.0411. The largest absolute Gasteiger partial charge is 1.00 e. The number of ether oxygens (including phenoxy) is 2. The van der Waals surface area contributed by atoms with Gasteiger partial charge in [0, 0.05) is 42.7 Å². The van der Waals surface area contributed by atoms with Crippen LogP contribution in [0.15, 0.2) is 114 Å². The number of phenols is 1. The fourth-order valence-corrected chi connectivity index (χ4v) is 11.7. The number of phenolic OH excluding ortho intramolecular Hbond substituents is 1. The van der Waals surface area contributed by atoms with E-state index < -0.39 is 39.0 Å². The normalized spacial score (nSPS) is 28.0. The van der Waals surface area contributed by atoms with Gasteiger partial charge in [-0.05, 0) is 121 Å². The van der Waals surface area contributed by atoms with Crippen molar-refractivity contribution in [1.29, 1.82) is 0 Å². The first-order valence-electron chi connectivity index (χ1n) is 21.7. The van der Waals surface area contributed by atoms with Crippen LogP contribution >= 0.6 is 0 Å². The molecular weight excluding hydrogens is 826 g/mol. The van der Waals surface area contributed by atoms with Crippen LogP contribution in [0.4, 0.5) is 0 Å². The van der Waals surface area contributed by atoms with Crippen molar-refractivity contribution < 1.29 is 67.3 Å². The molecule has 0 spiro atoms. The molecule has 7 N–H and O–H groups in total. The van der Waals surface area contributed by atoms with Crippen LogP contribution in [-0.2, 0) is 27.0 Å². The fraction of sp³-hybridized carbons (Fsp3) is 0.420. The average Bonchev–Trinajstić information content (AvgIpc) is 3.38. The molecule has 63 heavy (non-hydrogen) atoms. The Morgan fingerprint density at radius 3 is 2.37 bits per heavy atom. The summed E-state index contributed by atoms with van der Waals surface area (Å²) in [5.74, 6) is 4.75. The molecule has 11 nitrogen and oxygen atoms in total. The predicted molar refractivity (Wildman–Crippen MR) is 237 cm³/mol. The second kappa shape index (κ2) is 19.9. The van der Waals surface area contributed by atoms with Crippen molar-refractivity contribution in [3.63, 3.8) is 0 Å². The van der Waals surface area contributed by atoms with Gasteiger partial charge in [-0.15, -0.1) is 0 Å². The SMILES string of the molecule is CCC1CC(S(=O)(=O)[O-])C2C=C3CC(CC4CC(CO)CC#Cc5cc(O)ccc5C3O4)C2c2ccc(cc2)C(CC(CO)Cc2ccccc2)(N=C(N)N)Oc2ccc1cc2.[Na+]. The van der Waals surface area contributed by atoms with Gasteiger partial charge in [-0.1, -0.05) is 97.6 Å². The maximum atomic E-state index is 13.8. The van der Waals surface area contributed by atoms with Crippen molar-refractivity contribution in [3.05, 3.63) is 142 Å². The molecule has 326 valence electrons. The predicted octanol–water partition coefficient (Wildman–Crippen LogP) is 3.88. The Kier molecular flexibility index (Phi) is 14.8. The van der Waals surface area contributed by atoms with E-state index in [1.165, 1.54) is 0 Å². The van der Waals surface area contributed by atoms with E-state index in [4.69, 9.17) is 25.9 Å². The third-order valence-corrected chi connectivity index (χ3v) is 14.8. The number of allylic oxidation sites excluding steroid dienone is 1. The van der Waals surface area contributed by atoms with Crippen LogP contribution in [0.2, 0.25) is 0 Å². The summed E-state index contributed by atoms with van der Waals surface area (Å²) in [5, 5.41) is 30.5. The molecule has 0 amide bonds. The van der Waals surface area contributed by atoms with E-state index >= 15 is 0 Å². The zero-order valence-corrected chi connectivity index (χ0v) is 38.8. The van der Waals surface area contributed by atoms with Gasteiger partial charge in [0.05, 0.1) is 21.5 Å². The Morgan fingerprint density at radius 2 is 1.70 bits per heavy atom. The monoisotopic (exact) mass is 881 g/mol. The topological polar surface area (TPSA) is 201 Å². The molecule has 8 bridgehead atoms. The Bertz CT molecular complexity index is 2450.